The molecule has 0 radical (unpaired) electrons. The van der Waals surface area contributed by atoms with Crippen molar-refractivity contribution >= 4 is 23.5 Å². The molecule has 0 aliphatic rings. The largest absolute Gasteiger partial charge is 0.477 e. The lowest BCUT2D eigenvalue weighted by Crippen LogP contribution is -2.17. The van der Waals surface area contributed by atoms with Crippen LogP contribution in [0, 0.1) is 0 Å². The van der Waals surface area contributed by atoms with Crippen molar-refractivity contribution in [3.05, 3.63) is 23.9 Å². The molecule has 5 heteroatoms. The molecule has 1 unspecified atom stereocenters. The van der Waals surface area contributed by atoms with E-state index < -0.39 is 5.97 Å². The maximum Gasteiger partial charge on any atom is 0.354 e. The molecule has 0 amide bonds. The molecule has 1 rings (SSSR count). The van der Waals surface area contributed by atoms with Gasteiger partial charge in [-0.05, 0) is 37.5 Å². The molecule has 1 aromatic heterocycles. The molecule has 1 atom stereocenters. The van der Waals surface area contributed by atoms with Crippen molar-refractivity contribution in [2.24, 2.45) is 0 Å². The molecule has 0 saturated heterocycles. The first-order valence-corrected chi connectivity index (χ1v) is 6.48. The fourth-order valence-corrected chi connectivity index (χ4v) is 1.84. The van der Waals surface area contributed by atoms with Crippen LogP contribution in [0.3, 0.4) is 0 Å². The highest BCUT2D eigenvalue weighted by Gasteiger charge is 2.06. The van der Waals surface area contributed by atoms with E-state index in [-0.39, 0.29) is 5.69 Å². The SMILES string of the molecule is CSCCC(C)Nc1cccc(C(=O)O)n1. The molecular formula is C11H16N2O2S. The Morgan fingerprint density at radius 2 is 2.38 bits per heavy atom. The van der Waals surface area contributed by atoms with Gasteiger partial charge in [-0.2, -0.15) is 11.8 Å². The van der Waals surface area contributed by atoms with Gasteiger partial charge in [0.2, 0.25) is 0 Å². The maximum absolute atomic E-state index is 10.7. The summed E-state index contributed by atoms with van der Waals surface area (Å²) in [5.41, 5.74) is 0.0714. The third-order valence-electron chi connectivity index (χ3n) is 2.12. The van der Waals surface area contributed by atoms with Crippen LogP contribution >= 0.6 is 11.8 Å². The first-order valence-electron chi connectivity index (χ1n) is 5.09. The van der Waals surface area contributed by atoms with Crippen molar-refractivity contribution in [2.75, 3.05) is 17.3 Å². The molecule has 0 aliphatic carbocycles. The summed E-state index contributed by atoms with van der Waals surface area (Å²) >= 11 is 1.79. The standard InChI is InChI=1S/C11H16N2O2S/c1-8(6-7-16-2)12-10-5-3-4-9(13-10)11(14)15/h3-5,8H,6-7H2,1-2H3,(H,12,13)(H,14,15). The molecule has 88 valence electrons. The first-order chi connectivity index (χ1) is 7.63. The number of thioether (sulfide) groups is 1. The summed E-state index contributed by atoms with van der Waals surface area (Å²) in [7, 11) is 0. The highest BCUT2D eigenvalue weighted by molar-refractivity contribution is 7.98. The predicted molar refractivity (Wildman–Crippen MR) is 67.3 cm³/mol. The second-order valence-electron chi connectivity index (χ2n) is 3.54. The van der Waals surface area contributed by atoms with Crippen LogP contribution < -0.4 is 5.32 Å². The number of anilines is 1. The summed E-state index contributed by atoms with van der Waals surface area (Å²) in [6.07, 6.45) is 3.09. The second kappa shape index (κ2) is 6.37. The van der Waals surface area contributed by atoms with Crippen molar-refractivity contribution in [1.29, 1.82) is 0 Å². The summed E-state index contributed by atoms with van der Waals surface area (Å²) in [6, 6.07) is 5.26. The quantitative estimate of drug-likeness (QED) is 0.799. The van der Waals surface area contributed by atoms with Gasteiger partial charge in [-0.1, -0.05) is 6.07 Å². The zero-order valence-corrected chi connectivity index (χ0v) is 10.3. The van der Waals surface area contributed by atoms with Gasteiger partial charge in [0.25, 0.3) is 0 Å². The Kier molecular flexibility index (Phi) is 5.11. The van der Waals surface area contributed by atoms with Crippen molar-refractivity contribution < 1.29 is 9.90 Å². The van der Waals surface area contributed by atoms with Gasteiger partial charge in [-0.25, -0.2) is 9.78 Å². The summed E-state index contributed by atoms with van der Waals surface area (Å²) in [5.74, 6) is 0.696. The number of carboxylic acids is 1. The second-order valence-corrected chi connectivity index (χ2v) is 4.53. The van der Waals surface area contributed by atoms with Crippen LogP contribution in [0.15, 0.2) is 18.2 Å². The summed E-state index contributed by atoms with van der Waals surface area (Å²) < 4.78 is 0. The monoisotopic (exact) mass is 240 g/mol. The van der Waals surface area contributed by atoms with Gasteiger partial charge in [-0.15, -0.1) is 0 Å². The van der Waals surface area contributed by atoms with Gasteiger partial charge in [0.15, 0.2) is 5.69 Å². The number of nitrogens with one attached hydrogen (secondary N) is 1. The summed E-state index contributed by atoms with van der Waals surface area (Å²) in [6.45, 7) is 2.06. The fourth-order valence-electron chi connectivity index (χ4n) is 1.25. The van der Waals surface area contributed by atoms with Gasteiger partial charge in [0, 0.05) is 6.04 Å². The number of carboxylic acid groups (broad SMARTS) is 1. The third kappa shape index (κ3) is 4.10. The van der Waals surface area contributed by atoms with Crippen molar-refractivity contribution in [1.82, 2.24) is 4.98 Å². The Morgan fingerprint density at radius 1 is 1.62 bits per heavy atom. The highest BCUT2D eigenvalue weighted by Crippen LogP contribution is 2.09. The zero-order chi connectivity index (χ0) is 12.0. The Bertz CT molecular complexity index is 358. The summed E-state index contributed by atoms with van der Waals surface area (Å²) in [5, 5.41) is 12.0. The summed E-state index contributed by atoms with van der Waals surface area (Å²) in [4.78, 5) is 14.7. The Balaban J connectivity index is 2.59. The van der Waals surface area contributed by atoms with Crippen LogP contribution in [0.25, 0.3) is 0 Å². The molecule has 0 aromatic carbocycles. The van der Waals surface area contributed by atoms with Gasteiger partial charge < -0.3 is 10.4 Å². The molecule has 2 N–H and O–H groups in total. The van der Waals surface area contributed by atoms with E-state index in [0.717, 1.165) is 12.2 Å². The third-order valence-corrected chi connectivity index (χ3v) is 2.76. The van der Waals surface area contributed by atoms with E-state index >= 15 is 0 Å². The molecule has 0 spiro atoms. The predicted octanol–water partition coefficient (Wildman–Crippen LogP) is 2.33. The fraction of sp³-hybridized carbons (Fsp3) is 0.455. The van der Waals surface area contributed by atoms with Crippen LogP contribution in [0.1, 0.15) is 23.8 Å². The van der Waals surface area contributed by atoms with E-state index in [4.69, 9.17) is 5.11 Å². The lowest BCUT2D eigenvalue weighted by Gasteiger charge is -2.13. The van der Waals surface area contributed by atoms with Crippen molar-refractivity contribution in [3.63, 3.8) is 0 Å². The van der Waals surface area contributed by atoms with E-state index in [1.54, 1.807) is 23.9 Å². The molecule has 1 heterocycles. The van der Waals surface area contributed by atoms with Gasteiger partial charge in [0.1, 0.15) is 5.82 Å². The van der Waals surface area contributed by atoms with E-state index in [0.29, 0.717) is 11.9 Å². The smallest absolute Gasteiger partial charge is 0.354 e. The lowest BCUT2D eigenvalue weighted by atomic mass is 10.2. The Labute approximate surface area is 99.5 Å². The van der Waals surface area contributed by atoms with Gasteiger partial charge in [0.05, 0.1) is 0 Å². The normalized spacial score (nSPS) is 12.1. The minimum Gasteiger partial charge on any atom is -0.477 e. The molecule has 0 aliphatic heterocycles. The van der Waals surface area contributed by atoms with E-state index in [9.17, 15) is 4.79 Å². The molecular weight excluding hydrogens is 224 g/mol. The Hall–Kier alpha value is -1.23. The number of carbonyl (C=O) groups is 1. The van der Waals surface area contributed by atoms with Crippen LogP contribution in [0.2, 0.25) is 0 Å². The zero-order valence-electron chi connectivity index (χ0n) is 9.43. The maximum atomic E-state index is 10.7. The topological polar surface area (TPSA) is 62.2 Å². The first kappa shape index (κ1) is 12.8. The minimum atomic E-state index is -1.000. The van der Waals surface area contributed by atoms with Crippen molar-refractivity contribution in [2.45, 2.75) is 19.4 Å². The average Bonchev–Trinajstić information content (AvgIpc) is 2.26. The molecule has 0 bridgehead atoms. The van der Waals surface area contributed by atoms with Gasteiger partial charge in [-0.3, -0.25) is 0 Å². The molecule has 16 heavy (non-hydrogen) atoms. The highest BCUT2D eigenvalue weighted by atomic mass is 32.2. The van der Waals surface area contributed by atoms with E-state index in [1.165, 1.54) is 6.07 Å². The average molecular weight is 240 g/mol. The lowest BCUT2D eigenvalue weighted by molar-refractivity contribution is 0.0690. The van der Waals surface area contributed by atoms with Crippen LogP contribution in [0.5, 0.6) is 0 Å². The number of pyridine rings is 1. The molecule has 0 fully saturated rings. The number of nitrogens with zero attached hydrogens (tertiary/aromatic N) is 1. The number of aromatic nitrogens is 1. The van der Waals surface area contributed by atoms with Crippen LogP contribution in [-0.4, -0.2) is 34.1 Å². The minimum absolute atomic E-state index is 0.0714. The van der Waals surface area contributed by atoms with Gasteiger partial charge >= 0.3 is 5.97 Å². The van der Waals surface area contributed by atoms with Crippen LogP contribution in [0.4, 0.5) is 5.82 Å². The number of rotatable bonds is 6. The van der Waals surface area contributed by atoms with Crippen LogP contribution in [-0.2, 0) is 0 Å². The number of aromatic carboxylic acids is 1. The van der Waals surface area contributed by atoms with Crippen molar-refractivity contribution in [3.8, 4) is 0 Å². The number of hydrogen-bond donors (Lipinski definition) is 2. The molecule has 0 saturated carbocycles. The van der Waals surface area contributed by atoms with E-state index in [2.05, 4.69) is 23.5 Å². The molecule has 4 nitrogen and oxygen atoms in total. The van der Waals surface area contributed by atoms with E-state index in [1.807, 2.05) is 0 Å². The number of hydrogen-bond acceptors (Lipinski definition) is 4. The molecule has 1 aromatic rings. The Morgan fingerprint density at radius 3 is 3.00 bits per heavy atom.